The minimum atomic E-state index is -1.10. The number of benzene rings is 2. The first-order valence-corrected chi connectivity index (χ1v) is 14.2. The highest BCUT2D eigenvalue weighted by Gasteiger charge is 2.43. The van der Waals surface area contributed by atoms with Gasteiger partial charge >= 0.3 is 6.09 Å². The summed E-state index contributed by atoms with van der Waals surface area (Å²) in [6.45, 7) is 0.596. The van der Waals surface area contributed by atoms with Crippen molar-refractivity contribution in [3.05, 3.63) is 78.2 Å². The molecule has 1 aromatic heterocycles. The highest BCUT2D eigenvalue weighted by molar-refractivity contribution is 5.98. The maximum atomic E-state index is 14.3. The zero-order valence-electron chi connectivity index (χ0n) is 23.3. The van der Waals surface area contributed by atoms with Crippen LogP contribution in [0.5, 0.6) is 0 Å². The van der Waals surface area contributed by atoms with Crippen LogP contribution >= 0.6 is 0 Å². The van der Waals surface area contributed by atoms with E-state index >= 15 is 0 Å². The smallest absolute Gasteiger partial charge is 0.407 e. The molecular weight excluding hydrogens is 524 g/mol. The van der Waals surface area contributed by atoms with Gasteiger partial charge in [0.25, 0.3) is 5.91 Å². The van der Waals surface area contributed by atoms with Crippen LogP contribution in [0.15, 0.2) is 67.0 Å². The first kappa shape index (κ1) is 28.8. The van der Waals surface area contributed by atoms with E-state index in [9.17, 15) is 24.9 Å². The van der Waals surface area contributed by atoms with Crippen molar-refractivity contribution in [3.63, 3.8) is 0 Å². The molecule has 0 spiro atoms. The van der Waals surface area contributed by atoms with Crippen LogP contribution in [0.25, 0.3) is 11.3 Å². The fourth-order valence-electron chi connectivity index (χ4n) is 6.36. The molecule has 0 unspecified atom stereocenters. The summed E-state index contributed by atoms with van der Waals surface area (Å²) >= 11 is 0. The van der Waals surface area contributed by atoms with Crippen LogP contribution in [0.4, 0.5) is 4.79 Å². The summed E-state index contributed by atoms with van der Waals surface area (Å²) in [5, 5.41) is 32.3. The predicted octanol–water partition coefficient (Wildman–Crippen LogP) is 3.97. The third kappa shape index (κ3) is 6.00. The molecule has 2 amide bonds. The Morgan fingerprint density at radius 3 is 2.46 bits per heavy atom. The first-order valence-electron chi connectivity index (χ1n) is 14.2. The van der Waals surface area contributed by atoms with Gasteiger partial charge in [0.15, 0.2) is 5.69 Å². The van der Waals surface area contributed by atoms with Gasteiger partial charge in [0.1, 0.15) is 5.60 Å². The first-order chi connectivity index (χ1) is 19.8. The van der Waals surface area contributed by atoms with E-state index in [4.69, 9.17) is 4.74 Å². The van der Waals surface area contributed by atoms with Crippen LogP contribution in [-0.4, -0.2) is 91.7 Å². The van der Waals surface area contributed by atoms with Crippen molar-refractivity contribution in [1.29, 1.82) is 0 Å². The normalized spacial score (nSPS) is 23.8. The Hall–Kier alpha value is -3.73. The highest BCUT2D eigenvalue weighted by atomic mass is 16.5. The van der Waals surface area contributed by atoms with Crippen LogP contribution in [0.2, 0.25) is 0 Å². The van der Waals surface area contributed by atoms with Gasteiger partial charge in [0, 0.05) is 32.3 Å². The van der Waals surface area contributed by atoms with Crippen LogP contribution in [0.1, 0.15) is 60.3 Å². The molecule has 41 heavy (non-hydrogen) atoms. The fraction of sp³-hybridized carbons (Fsp3) is 0.452. The van der Waals surface area contributed by atoms with Crippen molar-refractivity contribution in [1.82, 2.24) is 19.4 Å². The number of piperazine rings is 1. The standard InChI is InChI=1S/C31H38N4O6/c1-41-20-31(40)15-9-8-14-26(31)35-21-32-27(28(35)23-12-6-3-7-13-23)29(37)34-17-16-33(30(38)39)19-24(34)18-25(36)22-10-4-2-5-11-22/h2-7,10-13,21,24-26,36,40H,8-9,14-20H2,1H3,(H,38,39)/t24-,25-,26-,31-/m1/s1. The van der Waals surface area contributed by atoms with Crippen molar-refractivity contribution in [2.45, 2.75) is 55.9 Å². The number of nitrogens with zero attached hydrogens (tertiary/aromatic N) is 4. The minimum absolute atomic E-state index is 0.0859. The molecular formula is C31H38N4O6. The van der Waals surface area contributed by atoms with E-state index in [1.165, 1.54) is 4.90 Å². The maximum absolute atomic E-state index is 14.3. The molecule has 10 heteroatoms. The van der Waals surface area contributed by atoms with Crippen LogP contribution in [0, 0.1) is 0 Å². The minimum Gasteiger partial charge on any atom is -0.465 e. The van der Waals surface area contributed by atoms with Crippen molar-refractivity contribution in [3.8, 4) is 11.3 Å². The lowest BCUT2D eigenvalue weighted by molar-refractivity contribution is -0.0893. The lowest BCUT2D eigenvalue weighted by Crippen LogP contribution is -2.56. The van der Waals surface area contributed by atoms with Gasteiger partial charge in [-0.1, -0.05) is 73.5 Å². The molecule has 0 bridgehead atoms. The molecule has 2 aliphatic rings. The number of rotatable bonds is 8. The Labute approximate surface area is 239 Å². The topological polar surface area (TPSA) is 128 Å². The van der Waals surface area contributed by atoms with E-state index in [1.54, 1.807) is 18.3 Å². The number of aliphatic hydroxyl groups is 2. The zero-order valence-corrected chi connectivity index (χ0v) is 23.3. The van der Waals surface area contributed by atoms with Crippen LogP contribution in [-0.2, 0) is 4.74 Å². The second-order valence-corrected chi connectivity index (χ2v) is 11.1. The lowest BCUT2D eigenvalue weighted by atomic mass is 9.80. The monoisotopic (exact) mass is 562 g/mol. The molecule has 2 fully saturated rings. The molecule has 5 rings (SSSR count). The van der Waals surface area contributed by atoms with Gasteiger partial charge in [-0.25, -0.2) is 9.78 Å². The maximum Gasteiger partial charge on any atom is 0.407 e. The third-order valence-electron chi connectivity index (χ3n) is 8.42. The van der Waals surface area contributed by atoms with Gasteiger partial charge in [0.2, 0.25) is 0 Å². The molecule has 3 aromatic rings. The Balaban J connectivity index is 1.52. The number of imidazole rings is 1. The number of hydrogen-bond acceptors (Lipinski definition) is 6. The molecule has 10 nitrogen and oxygen atoms in total. The molecule has 1 aliphatic carbocycles. The fourth-order valence-corrected chi connectivity index (χ4v) is 6.36. The number of amides is 2. The third-order valence-corrected chi connectivity index (χ3v) is 8.42. The Kier molecular flexibility index (Phi) is 8.72. The van der Waals surface area contributed by atoms with Gasteiger partial charge in [0.05, 0.1) is 36.8 Å². The summed E-state index contributed by atoms with van der Waals surface area (Å²) in [6, 6.07) is 17.8. The summed E-state index contributed by atoms with van der Waals surface area (Å²) in [5.74, 6) is -0.330. The lowest BCUT2D eigenvalue weighted by Gasteiger charge is -2.41. The average Bonchev–Trinajstić information content (AvgIpc) is 3.42. The summed E-state index contributed by atoms with van der Waals surface area (Å²) < 4.78 is 7.33. The summed E-state index contributed by atoms with van der Waals surface area (Å²) in [7, 11) is 1.57. The van der Waals surface area contributed by atoms with Gasteiger partial charge in [-0.05, 0) is 24.8 Å². The molecule has 1 saturated heterocycles. The number of ether oxygens (including phenoxy) is 1. The van der Waals surface area contributed by atoms with E-state index in [1.807, 2.05) is 65.2 Å². The molecule has 4 atom stereocenters. The van der Waals surface area contributed by atoms with Crippen molar-refractivity contribution in [2.24, 2.45) is 0 Å². The van der Waals surface area contributed by atoms with E-state index in [0.717, 1.165) is 18.4 Å². The molecule has 2 aromatic carbocycles. The number of hydrogen-bond donors (Lipinski definition) is 3. The van der Waals surface area contributed by atoms with Crippen molar-refractivity contribution >= 4 is 12.0 Å². The zero-order chi connectivity index (χ0) is 29.0. The van der Waals surface area contributed by atoms with E-state index < -0.39 is 23.8 Å². The van der Waals surface area contributed by atoms with Crippen LogP contribution in [0.3, 0.4) is 0 Å². The number of carbonyl (C=O) groups is 2. The summed E-state index contributed by atoms with van der Waals surface area (Å²) in [6.07, 6.45) is 3.00. The van der Waals surface area contributed by atoms with Gasteiger partial charge < -0.3 is 34.4 Å². The number of methoxy groups -OCH3 is 1. The quantitative estimate of drug-likeness (QED) is 0.379. The second-order valence-electron chi connectivity index (χ2n) is 11.1. The SMILES string of the molecule is COC[C@]1(O)CCCC[C@H]1n1cnc(C(=O)N2CCN(C(=O)O)C[C@H]2C[C@@H](O)c2ccccc2)c1-c1ccccc1. The van der Waals surface area contributed by atoms with E-state index in [-0.39, 0.29) is 50.3 Å². The Bertz CT molecular complexity index is 1330. The van der Waals surface area contributed by atoms with Gasteiger partial charge in [-0.3, -0.25) is 4.79 Å². The molecule has 1 saturated carbocycles. The van der Waals surface area contributed by atoms with E-state index in [2.05, 4.69) is 4.98 Å². The Morgan fingerprint density at radius 1 is 1.07 bits per heavy atom. The molecule has 2 heterocycles. The van der Waals surface area contributed by atoms with Gasteiger partial charge in [-0.15, -0.1) is 0 Å². The van der Waals surface area contributed by atoms with Crippen LogP contribution < -0.4 is 0 Å². The number of aromatic nitrogens is 2. The number of carboxylic acid groups (broad SMARTS) is 1. The Morgan fingerprint density at radius 2 is 1.78 bits per heavy atom. The second kappa shape index (κ2) is 12.4. The highest BCUT2D eigenvalue weighted by Crippen LogP contribution is 2.41. The largest absolute Gasteiger partial charge is 0.465 e. The number of aliphatic hydroxyl groups excluding tert-OH is 1. The summed E-state index contributed by atoms with van der Waals surface area (Å²) in [5.41, 5.74) is 1.25. The molecule has 3 N–H and O–H groups in total. The molecule has 218 valence electrons. The van der Waals surface area contributed by atoms with Gasteiger partial charge in [-0.2, -0.15) is 0 Å². The molecule has 1 aliphatic heterocycles. The molecule has 0 radical (unpaired) electrons. The van der Waals surface area contributed by atoms with Crippen molar-refractivity contribution < 1.29 is 29.6 Å². The van der Waals surface area contributed by atoms with E-state index in [0.29, 0.717) is 24.1 Å². The number of carbonyl (C=O) groups excluding carboxylic acids is 1. The summed E-state index contributed by atoms with van der Waals surface area (Å²) in [4.78, 5) is 33.7. The van der Waals surface area contributed by atoms with Crippen molar-refractivity contribution in [2.75, 3.05) is 33.4 Å². The predicted molar refractivity (Wildman–Crippen MR) is 152 cm³/mol. The average molecular weight is 563 g/mol.